The lowest BCUT2D eigenvalue weighted by Gasteiger charge is -2.41. The molecule has 0 heterocycles. The number of carbonyl (C=O) groups is 1. The first-order valence-corrected chi connectivity index (χ1v) is 6.64. The van der Waals surface area contributed by atoms with Crippen LogP contribution in [0.15, 0.2) is 11.1 Å². The summed E-state index contributed by atoms with van der Waals surface area (Å²) < 4.78 is 0. The van der Waals surface area contributed by atoms with E-state index in [-0.39, 0.29) is 11.3 Å². The second-order valence-corrected chi connectivity index (χ2v) is 7.06. The van der Waals surface area contributed by atoms with Crippen molar-refractivity contribution in [1.82, 2.24) is 0 Å². The predicted molar refractivity (Wildman–Crippen MR) is 65.0 cm³/mol. The minimum atomic E-state index is 0.141. The maximum absolute atomic E-state index is 12.4. The first-order valence-electron chi connectivity index (χ1n) is 6.64. The molecule has 0 bridgehead atoms. The van der Waals surface area contributed by atoms with Crippen molar-refractivity contribution in [3.63, 3.8) is 0 Å². The molecule has 0 aromatic carbocycles. The van der Waals surface area contributed by atoms with Gasteiger partial charge in [0.15, 0.2) is 5.78 Å². The van der Waals surface area contributed by atoms with Crippen LogP contribution in [0.3, 0.4) is 0 Å². The average Bonchev–Trinajstić information content (AvgIpc) is 2.81. The zero-order chi connectivity index (χ0) is 11.7. The smallest absolute Gasteiger partial charge is 0.162 e. The normalized spacial score (nSPS) is 45.1. The van der Waals surface area contributed by atoms with E-state index in [0.29, 0.717) is 11.2 Å². The number of allylic oxidation sites excluding steroid dienone is 2. The molecule has 1 nitrogen and oxygen atoms in total. The Morgan fingerprint density at radius 1 is 1.19 bits per heavy atom. The van der Waals surface area contributed by atoms with E-state index in [1.165, 1.54) is 30.4 Å². The van der Waals surface area contributed by atoms with Crippen molar-refractivity contribution in [3.05, 3.63) is 11.1 Å². The van der Waals surface area contributed by atoms with Gasteiger partial charge in [0.2, 0.25) is 0 Å². The zero-order valence-corrected chi connectivity index (χ0v) is 10.9. The van der Waals surface area contributed by atoms with Crippen LogP contribution in [0.2, 0.25) is 0 Å². The Kier molecular flexibility index (Phi) is 1.85. The van der Waals surface area contributed by atoms with Crippen LogP contribution in [-0.4, -0.2) is 5.78 Å². The van der Waals surface area contributed by atoms with Crippen LogP contribution in [0.25, 0.3) is 0 Å². The molecule has 0 aliphatic heterocycles. The van der Waals surface area contributed by atoms with E-state index in [1.807, 2.05) is 0 Å². The van der Waals surface area contributed by atoms with Crippen molar-refractivity contribution in [2.24, 2.45) is 22.7 Å². The number of hydrogen-bond acceptors (Lipinski definition) is 1. The monoisotopic (exact) mass is 218 g/mol. The molecule has 0 spiro atoms. The standard InChI is InChI=1S/C15H22O/c1-9-5-6-11-12(13(9)16)14(2,3)7-10-8-15(10,11)4/h9-10H,5-8H2,1-4H3/t9-,10-,15-/m1/s1. The third-order valence-electron chi connectivity index (χ3n) is 5.36. The van der Waals surface area contributed by atoms with E-state index in [0.717, 1.165) is 12.3 Å². The van der Waals surface area contributed by atoms with Crippen LogP contribution in [-0.2, 0) is 4.79 Å². The van der Waals surface area contributed by atoms with E-state index in [9.17, 15) is 4.79 Å². The van der Waals surface area contributed by atoms with Crippen molar-refractivity contribution in [3.8, 4) is 0 Å². The Bertz CT molecular complexity index is 402. The highest BCUT2D eigenvalue weighted by Gasteiger charge is 2.60. The molecule has 0 N–H and O–H groups in total. The van der Waals surface area contributed by atoms with Crippen LogP contribution in [0, 0.1) is 22.7 Å². The number of carbonyl (C=O) groups excluding carboxylic acids is 1. The summed E-state index contributed by atoms with van der Waals surface area (Å²) in [6.45, 7) is 9.03. The molecule has 0 radical (unpaired) electrons. The van der Waals surface area contributed by atoms with Gasteiger partial charge in [-0.3, -0.25) is 4.79 Å². The molecule has 16 heavy (non-hydrogen) atoms. The summed E-state index contributed by atoms with van der Waals surface area (Å²) in [5, 5.41) is 0. The van der Waals surface area contributed by atoms with Gasteiger partial charge in [-0.15, -0.1) is 0 Å². The summed E-state index contributed by atoms with van der Waals surface area (Å²) in [6, 6.07) is 0. The highest BCUT2D eigenvalue weighted by Crippen LogP contribution is 2.69. The van der Waals surface area contributed by atoms with Crippen LogP contribution in [0.1, 0.15) is 53.4 Å². The Balaban J connectivity index is 2.15. The SMILES string of the molecule is C[C@@H]1CCC2=C(C1=O)C(C)(C)C[C@@H]1C[C@@]21C. The summed E-state index contributed by atoms with van der Waals surface area (Å²) >= 11 is 0. The lowest BCUT2D eigenvalue weighted by molar-refractivity contribution is -0.120. The van der Waals surface area contributed by atoms with Crippen LogP contribution in [0.5, 0.6) is 0 Å². The van der Waals surface area contributed by atoms with Gasteiger partial charge in [0.1, 0.15) is 0 Å². The van der Waals surface area contributed by atoms with Crippen molar-refractivity contribution < 1.29 is 4.79 Å². The maximum Gasteiger partial charge on any atom is 0.162 e. The molecule has 1 fully saturated rings. The third kappa shape index (κ3) is 1.15. The molecule has 0 unspecified atom stereocenters. The molecule has 88 valence electrons. The first-order chi connectivity index (χ1) is 7.36. The van der Waals surface area contributed by atoms with Gasteiger partial charge < -0.3 is 0 Å². The fourth-order valence-electron chi connectivity index (χ4n) is 4.16. The number of fused-ring (bicyclic) bond motifs is 2. The molecule has 3 aliphatic carbocycles. The highest BCUT2D eigenvalue weighted by molar-refractivity contribution is 6.00. The molecule has 0 aromatic heterocycles. The predicted octanol–water partition coefficient (Wildman–Crippen LogP) is 3.74. The molecule has 3 rings (SSSR count). The van der Waals surface area contributed by atoms with Crippen LogP contribution >= 0.6 is 0 Å². The molecule has 1 heteroatoms. The largest absolute Gasteiger partial charge is 0.294 e. The zero-order valence-electron chi connectivity index (χ0n) is 10.9. The summed E-state index contributed by atoms with van der Waals surface area (Å²) in [4.78, 5) is 12.4. The minimum Gasteiger partial charge on any atom is -0.294 e. The topological polar surface area (TPSA) is 17.1 Å². The Morgan fingerprint density at radius 2 is 1.88 bits per heavy atom. The fourth-order valence-corrected chi connectivity index (χ4v) is 4.16. The third-order valence-corrected chi connectivity index (χ3v) is 5.36. The summed E-state index contributed by atoms with van der Waals surface area (Å²) in [5.41, 5.74) is 3.32. The average molecular weight is 218 g/mol. The van der Waals surface area contributed by atoms with Gasteiger partial charge >= 0.3 is 0 Å². The van der Waals surface area contributed by atoms with Gasteiger partial charge in [-0.05, 0) is 42.4 Å². The number of ketones is 1. The van der Waals surface area contributed by atoms with E-state index >= 15 is 0 Å². The molecule has 1 saturated carbocycles. The van der Waals surface area contributed by atoms with Crippen LogP contribution in [0.4, 0.5) is 0 Å². The summed E-state index contributed by atoms with van der Waals surface area (Å²) in [5.74, 6) is 1.58. The van der Waals surface area contributed by atoms with Crippen molar-refractivity contribution >= 4 is 5.78 Å². The molecule has 3 aliphatic rings. The summed E-state index contributed by atoms with van der Waals surface area (Å²) in [6.07, 6.45) is 4.81. The summed E-state index contributed by atoms with van der Waals surface area (Å²) in [7, 11) is 0. The van der Waals surface area contributed by atoms with Gasteiger partial charge in [-0.25, -0.2) is 0 Å². The van der Waals surface area contributed by atoms with Crippen LogP contribution < -0.4 is 0 Å². The van der Waals surface area contributed by atoms with Gasteiger partial charge in [-0.1, -0.05) is 33.3 Å². The lowest BCUT2D eigenvalue weighted by atomic mass is 9.62. The maximum atomic E-state index is 12.4. The van der Waals surface area contributed by atoms with Crippen molar-refractivity contribution in [1.29, 1.82) is 0 Å². The number of hydrogen-bond donors (Lipinski definition) is 0. The number of rotatable bonds is 0. The van der Waals surface area contributed by atoms with Gasteiger partial charge in [0, 0.05) is 11.5 Å². The molecule has 0 aromatic rings. The molecular formula is C15H22O. The van der Waals surface area contributed by atoms with Crippen molar-refractivity contribution in [2.45, 2.75) is 53.4 Å². The molecule has 0 amide bonds. The van der Waals surface area contributed by atoms with Crippen molar-refractivity contribution in [2.75, 3.05) is 0 Å². The lowest BCUT2D eigenvalue weighted by Crippen LogP contribution is -2.36. The second kappa shape index (κ2) is 2.80. The molecule has 0 saturated heterocycles. The van der Waals surface area contributed by atoms with Gasteiger partial charge in [0.05, 0.1) is 0 Å². The Hall–Kier alpha value is -0.590. The quantitative estimate of drug-likeness (QED) is 0.605. The minimum absolute atomic E-state index is 0.141. The number of Topliss-reactive ketones (excluding diaryl/α,β-unsaturated/α-hetero) is 1. The molecular weight excluding hydrogens is 196 g/mol. The first kappa shape index (κ1) is 10.6. The van der Waals surface area contributed by atoms with E-state index in [1.54, 1.807) is 0 Å². The van der Waals surface area contributed by atoms with E-state index in [2.05, 4.69) is 27.7 Å². The van der Waals surface area contributed by atoms with Gasteiger partial charge in [-0.2, -0.15) is 0 Å². The Morgan fingerprint density at radius 3 is 2.56 bits per heavy atom. The second-order valence-electron chi connectivity index (χ2n) is 7.06. The van der Waals surface area contributed by atoms with E-state index < -0.39 is 0 Å². The molecule has 3 atom stereocenters. The highest BCUT2D eigenvalue weighted by atomic mass is 16.1. The fraction of sp³-hybridized carbons (Fsp3) is 0.800. The van der Waals surface area contributed by atoms with E-state index in [4.69, 9.17) is 0 Å². The van der Waals surface area contributed by atoms with Gasteiger partial charge in [0.25, 0.3) is 0 Å². The Labute approximate surface area is 98.3 Å².